The molecule has 0 aliphatic rings. The van der Waals surface area contributed by atoms with Gasteiger partial charge in [-0.3, -0.25) is 5.43 Å². The van der Waals surface area contributed by atoms with Gasteiger partial charge in [0.1, 0.15) is 5.82 Å². The van der Waals surface area contributed by atoms with Crippen LogP contribution in [0.5, 0.6) is 0 Å². The Labute approximate surface area is 103 Å². The van der Waals surface area contributed by atoms with Crippen molar-refractivity contribution in [2.24, 2.45) is 5.84 Å². The average Bonchev–Trinajstić information content (AvgIpc) is 2.32. The van der Waals surface area contributed by atoms with Crippen LogP contribution in [0.4, 0.5) is 11.8 Å². The van der Waals surface area contributed by atoms with Gasteiger partial charge in [0.05, 0.1) is 11.1 Å². The van der Waals surface area contributed by atoms with Crippen molar-refractivity contribution in [1.29, 1.82) is 0 Å². The van der Waals surface area contributed by atoms with E-state index in [4.69, 9.17) is 10.6 Å². The van der Waals surface area contributed by atoms with Crippen molar-refractivity contribution >= 4 is 27.7 Å². The van der Waals surface area contributed by atoms with Crippen molar-refractivity contribution in [3.8, 4) is 0 Å². The summed E-state index contributed by atoms with van der Waals surface area (Å²) in [5, 5.41) is 0. The van der Waals surface area contributed by atoms with Gasteiger partial charge in [0.2, 0.25) is 5.95 Å². The monoisotopic (exact) mass is 289 g/mol. The van der Waals surface area contributed by atoms with Gasteiger partial charge in [-0.1, -0.05) is 0 Å². The minimum atomic E-state index is 0.397. The molecule has 0 fully saturated rings. The lowest BCUT2D eigenvalue weighted by Gasteiger charge is -2.22. The number of hydrogen-bond donors (Lipinski definition) is 2. The Balaban J connectivity index is 2.89. The van der Waals surface area contributed by atoms with Crippen LogP contribution >= 0.6 is 15.9 Å². The number of halogens is 1. The molecule has 0 radical (unpaired) electrons. The fourth-order valence-corrected chi connectivity index (χ4v) is 1.71. The first-order valence-corrected chi connectivity index (χ1v) is 5.75. The van der Waals surface area contributed by atoms with Gasteiger partial charge in [-0.25, -0.2) is 10.8 Å². The van der Waals surface area contributed by atoms with Gasteiger partial charge >= 0.3 is 0 Å². The maximum atomic E-state index is 5.28. The van der Waals surface area contributed by atoms with Gasteiger partial charge < -0.3 is 9.64 Å². The number of nitrogens with one attached hydrogen (secondary N) is 1. The number of nitrogens with zero attached hydrogens (tertiary/aromatic N) is 3. The van der Waals surface area contributed by atoms with Gasteiger partial charge in [-0.2, -0.15) is 4.98 Å². The minimum Gasteiger partial charge on any atom is -0.383 e. The number of aromatic nitrogens is 2. The smallest absolute Gasteiger partial charge is 0.239 e. The van der Waals surface area contributed by atoms with E-state index in [0.29, 0.717) is 12.6 Å². The van der Waals surface area contributed by atoms with Crippen LogP contribution in [-0.4, -0.2) is 36.8 Å². The zero-order valence-electron chi connectivity index (χ0n) is 9.40. The van der Waals surface area contributed by atoms with Crippen LogP contribution in [0, 0.1) is 0 Å². The Hall–Kier alpha value is -0.920. The zero-order chi connectivity index (χ0) is 12.0. The third-order valence-electron chi connectivity index (χ3n) is 2.10. The Morgan fingerprint density at radius 1 is 1.62 bits per heavy atom. The second-order valence-corrected chi connectivity index (χ2v) is 3.94. The number of nitrogens with two attached hydrogens (primary N) is 1. The van der Waals surface area contributed by atoms with E-state index in [1.807, 2.05) is 0 Å². The van der Waals surface area contributed by atoms with Crippen molar-refractivity contribution in [3.05, 3.63) is 10.7 Å². The molecule has 0 unspecified atom stereocenters. The lowest BCUT2D eigenvalue weighted by atomic mass is 10.4. The van der Waals surface area contributed by atoms with Gasteiger partial charge in [-0.15, -0.1) is 0 Å². The molecule has 16 heavy (non-hydrogen) atoms. The van der Waals surface area contributed by atoms with E-state index in [9.17, 15) is 0 Å². The third-order valence-corrected chi connectivity index (χ3v) is 2.66. The molecule has 0 amide bonds. The standard InChI is InChI=1S/C9H16BrN5O/c1-3-15(4-5-16-2)8-7(10)6-12-9(13-8)14-11/h6H,3-5,11H2,1-2H3,(H,12,13,14). The second-order valence-electron chi connectivity index (χ2n) is 3.08. The third kappa shape index (κ3) is 3.29. The summed E-state index contributed by atoms with van der Waals surface area (Å²) in [5.41, 5.74) is 2.43. The highest BCUT2D eigenvalue weighted by Crippen LogP contribution is 2.23. The van der Waals surface area contributed by atoms with Crippen LogP contribution in [0.3, 0.4) is 0 Å². The van der Waals surface area contributed by atoms with E-state index < -0.39 is 0 Å². The van der Waals surface area contributed by atoms with Crippen molar-refractivity contribution < 1.29 is 4.74 Å². The Kier molecular flexibility index (Phi) is 5.44. The average molecular weight is 290 g/mol. The van der Waals surface area contributed by atoms with Crippen molar-refractivity contribution in [2.45, 2.75) is 6.92 Å². The van der Waals surface area contributed by atoms with Gasteiger partial charge in [0.15, 0.2) is 0 Å². The highest BCUT2D eigenvalue weighted by molar-refractivity contribution is 9.10. The summed E-state index contributed by atoms with van der Waals surface area (Å²) in [6.45, 7) is 4.31. The highest BCUT2D eigenvalue weighted by Gasteiger charge is 2.11. The van der Waals surface area contributed by atoms with Crippen LogP contribution in [0.2, 0.25) is 0 Å². The topological polar surface area (TPSA) is 76.3 Å². The van der Waals surface area contributed by atoms with Crippen molar-refractivity contribution in [1.82, 2.24) is 9.97 Å². The molecular formula is C9H16BrN5O. The first-order chi connectivity index (χ1) is 7.72. The number of rotatable bonds is 6. The van der Waals surface area contributed by atoms with Crippen LogP contribution in [-0.2, 0) is 4.74 Å². The SMILES string of the molecule is CCN(CCOC)c1nc(NN)ncc1Br. The maximum absolute atomic E-state index is 5.28. The molecule has 1 rings (SSSR count). The fourth-order valence-electron chi connectivity index (χ4n) is 1.26. The number of hydrazine groups is 1. The van der Waals surface area contributed by atoms with E-state index in [1.165, 1.54) is 0 Å². The lowest BCUT2D eigenvalue weighted by molar-refractivity contribution is 0.205. The largest absolute Gasteiger partial charge is 0.383 e. The van der Waals surface area contributed by atoms with Crippen molar-refractivity contribution in [3.63, 3.8) is 0 Å². The van der Waals surface area contributed by atoms with Crippen molar-refractivity contribution in [2.75, 3.05) is 37.1 Å². The zero-order valence-corrected chi connectivity index (χ0v) is 11.0. The predicted octanol–water partition coefficient (Wildman–Crippen LogP) is 0.997. The number of likely N-dealkylation sites (N-methyl/N-ethyl adjacent to an activating group) is 1. The van der Waals surface area contributed by atoms with Gasteiger partial charge in [0, 0.05) is 26.4 Å². The molecule has 1 aromatic heterocycles. The number of anilines is 2. The summed E-state index contributed by atoms with van der Waals surface area (Å²) in [7, 11) is 1.68. The molecule has 0 aromatic carbocycles. The molecule has 7 heteroatoms. The predicted molar refractivity (Wildman–Crippen MR) is 67.3 cm³/mol. The maximum Gasteiger partial charge on any atom is 0.239 e. The molecule has 0 saturated carbocycles. The first kappa shape index (κ1) is 13.1. The summed E-state index contributed by atoms with van der Waals surface area (Å²) in [6.07, 6.45) is 1.67. The fraction of sp³-hybridized carbons (Fsp3) is 0.556. The van der Waals surface area contributed by atoms with E-state index in [0.717, 1.165) is 23.4 Å². The molecule has 1 aromatic rings. The van der Waals surface area contributed by atoms with Gasteiger partial charge in [-0.05, 0) is 22.9 Å². The number of ether oxygens (including phenoxy) is 1. The second kappa shape index (κ2) is 6.62. The molecule has 6 nitrogen and oxygen atoms in total. The molecule has 0 spiro atoms. The summed E-state index contributed by atoms with van der Waals surface area (Å²) in [5.74, 6) is 6.48. The summed E-state index contributed by atoms with van der Waals surface area (Å²) < 4.78 is 5.89. The Morgan fingerprint density at radius 2 is 2.38 bits per heavy atom. The summed E-state index contributed by atoms with van der Waals surface area (Å²) in [4.78, 5) is 10.4. The van der Waals surface area contributed by atoms with Gasteiger partial charge in [0.25, 0.3) is 0 Å². The van der Waals surface area contributed by atoms with E-state index in [-0.39, 0.29) is 0 Å². The van der Waals surface area contributed by atoms with E-state index in [1.54, 1.807) is 13.3 Å². The molecule has 0 aliphatic carbocycles. The molecule has 0 saturated heterocycles. The minimum absolute atomic E-state index is 0.397. The summed E-state index contributed by atoms with van der Waals surface area (Å²) >= 11 is 3.42. The quantitative estimate of drug-likeness (QED) is 0.601. The molecule has 90 valence electrons. The van der Waals surface area contributed by atoms with Crippen LogP contribution in [0.15, 0.2) is 10.7 Å². The Morgan fingerprint density at radius 3 is 2.94 bits per heavy atom. The van der Waals surface area contributed by atoms with Crippen LogP contribution in [0.1, 0.15) is 6.92 Å². The summed E-state index contributed by atoms with van der Waals surface area (Å²) in [6, 6.07) is 0. The molecule has 0 bridgehead atoms. The Bertz CT molecular complexity index is 336. The van der Waals surface area contributed by atoms with E-state index >= 15 is 0 Å². The number of nitrogen functional groups attached to an aromatic ring is 1. The molecule has 0 aliphatic heterocycles. The lowest BCUT2D eigenvalue weighted by Crippen LogP contribution is -2.28. The molecule has 0 atom stereocenters. The number of hydrogen-bond acceptors (Lipinski definition) is 6. The molecular weight excluding hydrogens is 274 g/mol. The molecule has 3 N–H and O–H groups in total. The normalized spacial score (nSPS) is 10.2. The highest BCUT2D eigenvalue weighted by atomic mass is 79.9. The number of methoxy groups -OCH3 is 1. The molecule has 1 heterocycles. The van der Waals surface area contributed by atoms with Crippen LogP contribution in [0.25, 0.3) is 0 Å². The van der Waals surface area contributed by atoms with E-state index in [2.05, 4.69) is 43.1 Å². The first-order valence-electron chi connectivity index (χ1n) is 4.96. The van der Waals surface area contributed by atoms with Crippen LogP contribution < -0.4 is 16.2 Å².